The Kier molecular flexibility index (Phi) is 5.81. The minimum Gasteiger partial charge on any atom is -0.309 e. The molecule has 3 nitrogen and oxygen atoms in total. The second-order valence-electron chi connectivity index (χ2n) is 2.63. The zero-order valence-corrected chi connectivity index (χ0v) is 9.27. The van der Waals surface area contributed by atoms with E-state index in [1.165, 1.54) is 0 Å². The lowest BCUT2D eigenvalue weighted by Crippen LogP contribution is -2.08. The first-order valence-electron chi connectivity index (χ1n) is 4.49. The summed E-state index contributed by atoms with van der Waals surface area (Å²) >= 11 is 0. The van der Waals surface area contributed by atoms with Gasteiger partial charge in [-0.05, 0) is 20.3 Å². The van der Waals surface area contributed by atoms with E-state index in [-0.39, 0.29) is 5.66 Å². The molecule has 4 heteroatoms. The Balaban J connectivity index is 4.27. The number of hydrogen-bond donors (Lipinski definition) is 0. The topological polar surface area (TPSA) is 35.5 Å². The molecular weight excluding hydrogens is 175 g/mol. The normalized spacial score (nSPS) is 14.7. The van der Waals surface area contributed by atoms with E-state index in [9.17, 15) is 4.57 Å². The third-order valence-electron chi connectivity index (χ3n) is 1.75. The average Bonchev–Trinajstić information content (AvgIpc) is 2.04. The molecule has 74 valence electrons. The van der Waals surface area contributed by atoms with Gasteiger partial charge < -0.3 is 9.05 Å². The molecule has 0 fully saturated rings. The van der Waals surface area contributed by atoms with Gasteiger partial charge >= 0.3 is 7.60 Å². The van der Waals surface area contributed by atoms with Gasteiger partial charge in [0.2, 0.25) is 0 Å². The molecule has 0 spiro atoms. The van der Waals surface area contributed by atoms with E-state index in [1.54, 1.807) is 0 Å². The van der Waals surface area contributed by atoms with Crippen LogP contribution in [0.25, 0.3) is 0 Å². The number of rotatable bonds is 6. The second kappa shape index (κ2) is 5.74. The van der Waals surface area contributed by atoms with Gasteiger partial charge in [-0.15, -0.1) is 0 Å². The summed E-state index contributed by atoms with van der Waals surface area (Å²) in [5.41, 5.74) is -0.00241. The fourth-order valence-corrected chi connectivity index (χ4v) is 2.63. The first-order chi connectivity index (χ1) is 5.60. The van der Waals surface area contributed by atoms with E-state index in [4.69, 9.17) is 9.05 Å². The van der Waals surface area contributed by atoms with Crippen molar-refractivity contribution in [1.29, 1.82) is 0 Å². The molecule has 0 heterocycles. The maximum absolute atomic E-state index is 11.9. The van der Waals surface area contributed by atoms with Crippen LogP contribution in [0.1, 0.15) is 34.1 Å². The summed E-state index contributed by atoms with van der Waals surface area (Å²) in [5.74, 6) is 0. The van der Waals surface area contributed by atoms with Crippen molar-refractivity contribution in [2.75, 3.05) is 13.2 Å². The van der Waals surface area contributed by atoms with Crippen LogP contribution >= 0.6 is 7.60 Å². The Bertz CT molecular complexity index is 148. The summed E-state index contributed by atoms with van der Waals surface area (Å²) in [6, 6.07) is 0. The molecule has 0 amide bonds. The smallest absolute Gasteiger partial charge is 0.309 e. The molecule has 0 rings (SSSR count). The van der Waals surface area contributed by atoms with Crippen LogP contribution in [0, 0.1) is 0 Å². The first-order valence-corrected chi connectivity index (χ1v) is 6.10. The molecule has 0 aromatic heterocycles. The average molecular weight is 194 g/mol. The highest BCUT2D eigenvalue weighted by Crippen LogP contribution is 2.53. The lowest BCUT2D eigenvalue weighted by Gasteiger charge is -2.21. The maximum Gasteiger partial charge on any atom is 0.333 e. The summed E-state index contributed by atoms with van der Waals surface area (Å²) in [6.45, 7) is 8.42. The van der Waals surface area contributed by atoms with Gasteiger partial charge in [-0.2, -0.15) is 0 Å². The van der Waals surface area contributed by atoms with Gasteiger partial charge in [0.15, 0.2) is 0 Å². The van der Waals surface area contributed by atoms with Crippen molar-refractivity contribution >= 4 is 7.60 Å². The summed E-state index contributed by atoms with van der Waals surface area (Å²) in [5, 5.41) is 0. The molecule has 0 bridgehead atoms. The monoisotopic (exact) mass is 194 g/mol. The molecule has 12 heavy (non-hydrogen) atoms. The van der Waals surface area contributed by atoms with Gasteiger partial charge in [-0.1, -0.05) is 13.8 Å². The van der Waals surface area contributed by atoms with Gasteiger partial charge in [0.25, 0.3) is 0 Å². The first kappa shape index (κ1) is 12.2. The van der Waals surface area contributed by atoms with Gasteiger partial charge in [0.1, 0.15) is 0 Å². The van der Waals surface area contributed by atoms with E-state index in [1.807, 2.05) is 27.7 Å². The van der Waals surface area contributed by atoms with Crippen molar-refractivity contribution in [3.8, 4) is 0 Å². The molecule has 1 atom stereocenters. The van der Waals surface area contributed by atoms with Crippen LogP contribution < -0.4 is 0 Å². The molecular formula is C8H19O3P. The summed E-state index contributed by atoms with van der Waals surface area (Å²) in [4.78, 5) is 0. The van der Waals surface area contributed by atoms with E-state index in [0.717, 1.165) is 6.42 Å². The zero-order valence-electron chi connectivity index (χ0n) is 8.37. The van der Waals surface area contributed by atoms with Crippen LogP contribution in [-0.4, -0.2) is 18.9 Å². The standard InChI is InChI=1S/C8H19O3P/c1-5-8(4)12(9,10-6-2)11-7-3/h8H,5-7H2,1-4H3. The molecule has 0 aliphatic carbocycles. The Hall–Kier alpha value is 0.150. The van der Waals surface area contributed by atoms with Crippen LogP contribution in [0.3, 0.4) is 0 Å². The van der Waals surface area contributed by atoms with Crippen LogP contribution in [0.15, 0.2) is 0 Å². The summed E-state index contributed by atoms with van der Waals surface area (Å²) in [6.07, 6.45) is 0.817. The Morgan fingerprint density at radius 2 is 1.58 bits per heavy atom. The molecule has 0 aromatic carbocycles. The molecule has 0 radical (unpaired) electrons. The van der Waals surface area contributed by atoms with Crippen molar-refractivity contribution in [1.82, 2.24) is 0 Å². The van der Waals surface area contributed by atoms with Crippen molar-refractivity contribution in [3.63, 3.8) is 0 Å². The third kappa shape index (κ3) is 3.26. The fraction of sp³-hybridized carbons (Fsp3) is 1.00. The van der Waals surface area contributed by atoms with E-state index in [2.05, 4.69) is 0 Å². The minimum atomic E-state index is -2.81. The van der Waals surface area contributed by atoms with Crippen molar-refractivity contribution in [2.24, 2.45) is 0 Å². The van der Waals surface area contributed by atoms with Crippen LogP contribution in [0.2, 0.25) is 0 Å². The van der Waals surface area contributed by atoms with Crippen LogP contribution in [0.5, 0.6) is 0 Å². The van der Waals surface area contributed by atoms with Crippen molar-refractivity contribution < 1.29 is 13.6 Å². The number of hydrogen-bond acceptors (Lipinski definition) is 3. The quantitative estimate of drug-likeness (QED) is 0.609. The fourth-order valence-electron chi connectivity index (χ4n) is 0.875. The Morgan fingerprint density at radius 3 is 1.83 bits per heavy atom. The highest BCUT2D eigenvalue weighted by atomic mass is 31.2. The molecule has 0 saturated carbocycles. The highest BCUT2D eigenvalue weighted by molar-refractivity contribution is 7.54. The predicted molar refractivity (Wildman–Crippen MR) is 50.6 cm³/mol. The van der Waals surface area contributed by atoms with Gasteiger partial charge in [-0.25, -0.2) is 0 Å². The van der Waals surface area contributed by atoms with Crippen molar-refractivity contribution in [2.45, 2.75) is 39.8 Å². The predicted octanol–water partition coefficient (Wildman–Crippen LogP) is 3.05. The molecule has 0 aliphatic rings. The molecule has 0 aliphatic heterocycles. The Morgan fingerprint density at radius 1 is 1.17 bits per heavy atom. The molecule has 0 N–H and O–H groups in total. The lowest BCUT2D eigenvalue weighted by molar-refractivity contribution is 0.212. The lowest BCUT2D eigenvalue weighted by atomic mass is 10.4. The molecule has 0 aromatic rings. The van der Waals surface area contributed by atoms with E-state index >= 15 is 0 Å². The highest BCUT2D eigenvalue weighted by Gasteiger charge is 2.29. The minimum absolute atomic E-state index is 0.00241. The second-order valence-corrected chi connectivity index (χ2v) is 5.11. The largest absolute Gasteiger partial charge is 0.333 e. The van der Waals surface area contributed by atoms with Gasteiger partial charge in [0.05, 0.1) is 18.9 Å². The van der Waals surface area contributed by atoms with Crippen LogP contribution in [-0.2, 0) is 13.6 Å². The Labute approximate surface area is 75.0 Å². The molecule has 1 unspecified atom stereocenters. The third-order valence-corrected chi connectivity index (χ3v) is 4.43. The SMILES string of the molecule is CCOP(=O)(OCC)C(C)CC. The van der Waals surface area contributed by atoms with E-state index in [0.29, 0.717) is 13.2 Å². The summed E-state index contributed by atoms with van der Waals surface area (Å²) in [7, 11) is -2.81. The van der Waals surface area contributed by atoms with E-state index < -0.39 is 7.60 Å². The zero-order chi connectivity index (χ0) is 9.61. The summed E-state index contributed by atoms with van der Waals surface area (Å²) < 4.78 is 22.2. The van der Waals surface area contributed by atoms with Crippen molar-refractivity contribution in [3.05, 3.63) is 0 Å². The van der Waals surface area contributed by atoms with Gasteiger partial charge in [0, 0.05) is 0 Å². The molecule has 0 saturated heterocycles. The van der Waals surface area contributed by atoms with Crippen LogP contribution in [0.4, 0.5) is 0 Å². The van der Waals surface area contributed by atoms with Gasteiger partial charge in [-0.3, -0.25) is 4.57 Å². The maximum atomic E-state index is 11.9.